The molecule has 0 N–H and O–H groups in total. The zero-order chi connectivity index (χ0) is 6.36. The molecule has 0 aromatic carbocycles. The lowest BCUT2D eigenvalue weighted by Gasteiger charge is -1.85. The average molecular weight is 119 g/mol. The van der Waals surface area contributed by atoms with E-state index in [0.29, 0.717) is 0 Å². The fourth-order valence-electron chi connectivity index (χ4n) is 0.780. The predicted octanol–water partition coefficient (Wildman–Crippen LogP) is 2.64. The molecule has 0 fully saturated rings. The van der Waals surface area contributed by atoms with Crippen LogP contribution in [0.15, 0.2) is 30.4 Å². The van der Waals surface area contributed by atoms with Crippen molar-refractivity contribution in [1.82, 2.24) is 0 Å². The lowest BCUT2D eigenvalue weighted by molar-refractivity contribution is 0.869. The molecule has 1 aliphatic carbocycles. The van der Waals surface area contributed by atoms with Gasteiger partial charge >= 0.3 is 0 Å². The highest BCUT2D eigenvalue weighted by molar-refractivity contribution is 5.06. The maximum atomic E-state index is 3.03. The molecule has 0 saturated heterocycles. The molecular formula is C9H11. The molecule has 0 heterocycles. The van der Waals surface area contributed by atoms with Crippen LogP contribution in [0.3, 0.4) is 0 Å². The minimum atomic E-state index is 1.19. The van der Waals surface area contributed by atoms with Crippen LogP contribution in [0.2, 0.25) is 0 Å². The molecule has 1 radical (unpaired) electrons. The van der Waals surface area contributed by atoms with E-state index >= 15 is 0 Å². The van der Waals surface area contributed by atoms with E-state index in [1.807, 2.05) is 12.2 Å². The summed E-state index contributed by atoms with van der Waals surface area (Å²) in [6.45, 7) is 0. The van der Waals surface area contributed by atoms with Gasteiger partial charge in [0.1, 0.15) is 0 Å². The molecule has 0 unspecified atom stereocenters. The highest BCUT2D eigenvalue weighted by Crippen LogP contribution is 1.99. The monoisotopic (exact) mass is 119 g/mol. The number of allylic oxidation sites excluding steroid dienone is 6. The van der Waals surface area contributed by atoms with Crippen LogP contribution in [-0.4, -0.2) is 0 Å². The summed E-state index contributed by atoms with van der Waals surface area (Å²) in [5, 5.41) is 0. The normalized spacial score (nSPS) is 29.3. The zero-order valence-corrected chi connectivity index (χ0v) is 5.51. The first-order chi connectivity index (χ1) is 4.50. The maximum absolute atomic E-state index is 3.03. The van der Waals surface area contributed by atoms with Crippen LogP contribution in [0.4, 0.5) is 0 Å². The molecule has 1 rings (SSSR count). The van der Waals surface area contributed by atoms with Crippen molar-refractivity contribution in [3.8, 4) is 0 Å². The van der Waals surface area contributed by atoms with Gasteiger partial charge in [0.15, 0.2) is 0 Å². The lowest BCUT2D eigenvalue weighted by Crippen LogP contribution is -1.65. The SMILES string of the molecule is [C]1=C\C=C/CCC\C=C/1. The summed E-state index contributed by atoms with van der Waals surface area (Å²) in [7, 11) is 0. The largest absolute Gasteiger partial charge is 0.0845 e. The van der Waals surface area contributed by atoms with Crippen LogP contribution in [0.1, 0.15) is 19.3 Å². The molecule has 0 amide bonds. The standard InChI is InChI=1S/C9H11/c1-2-4-6-8-9-7-5-3-1/h1-3,7,9H,4,6,8H2/b2-1-,5-3?,9-7-. The third-order valence-corrected chi connectivity index (χ3v) is 1.28. The minimum Gasteiger partial charge on any atom is -0.0845 e. The Morgan fingerprint density at radius 2 is 2.00 bits per heavy atom. The van der Waals surface area contributed by atoms with Crippen LogP contribution in [0.25, 0.3) is 0 Å². The molecule has 0 aliphatic heterocycles. The van der Waals surface area contributed by atoms with Gasteiger partial charge in [-0.1, -0.05) is 30.4 Å². The van der Waals surface area contributed by atoms with Crippen LogP contribution in [0, 0.1) is 6.08 Å². The Labute approximate surface area is 56.6 Å². The highest BCUT2D eigenvalue weighted by Gasteiger charge is 1.80. The van der Waals surface area contributed by atoms with Gasteiger partial charge < -0.3 is 0 Å². The van der Waals surface area contributed by atoms with Gasteiger partial charge in [-0.3, -0.25) is 0 Å². The Morgan fingerprint density at radius 3 is 3.00 bits per heavy atom. The lowest BCUT2D eigenvalue weighted by atomic mass is 10.2. The molecule has 0 bridgehead atoms. The Balaban J connectivity index is 2.45. The molecule has 0 aromatic heterocycles. The first kappa shape index (κ1) is 6.34. The second-order valence-electron chi connectivity index (χ2n) is 2.09. The van der Waals surface area contributed by atoms with Gasteiger partial charge in [0, 0.05) is 0 Å². The van der Waals surface area contributed by atoms with E-state index in [0.717, 1.165) is 0 Å². The van der Waals surface area contributed by atoms with Crippen molar-refractivity contribution in [3.63, 3.8) is 0 Å². The molecule has 0 aromatic rings. The molecule has 0 nitrogen and oxygen atoms in total. The fourth-order valence-corrected chi connectivity index (χ4v) is 0.780. The quantitative estimate of drug-likeness (QED) is 0.460. The molecule has 0 saturated carbocycles. The van der Waals surface area contributed by atoms with E-state index in [2.05, 4.69) is 24.3 Å². The smallest absolute Gasteiger partial charge is 0.0187 e. The Hall–Kier alpha value is -0.780. The van der Waals surface area contributed by atoms with Gasteiger partial charge in [-0.05, 0) is 25.3 Å². The van der Waals surface area contributed by atoms with Crippen molar-refractivity contribution in [2.45, 2.75) is 19.3 Å². The molecule has 0 atom stereocenters. The van der Waals surface area contributed by atoms with E-state index in [-0.39, 0.29) is 0 Å². The van der Waals surface area contributed by atoms with E-state index in [9.17, 15) is 0 Å². The second kappa shape index (κ2) is 4.13. The topological polar surface area (TPSA) is 0 Å². The zero-order valence-electron chi connectivity index (χ0n) is 5.51. The number of hydrogen-bond acceptors (Lipinski definition) is 0. The molecule has 0 spiro atoms. The van der Waals surface area contributed by atoms with Crippen LogP contribution >= 0.6 is 0 Å². The van der Waals surface area contributed by atoms with Crippen LogP contribution < -0.4 is 0 Å². The number of hydrogen-bond donors (Lipinski definition) is 0. The third-order valence-electron chi connectivity index (χ3n) is 1.28. The summed E-state index contributed by atoms with van der Waals surface area (Å²) < 4.78 is 0. The Bertz CT molecular complexity index is 122. The summed E-state index contributed by atoms with van der Waals surface area (Å²) in [6, 6.07) is 0. The van der Waals surface area contributed by atoms with Crippen molar-refractivity contribution in [1.29, 1.82) is 0 Å². The summed E-state index contributed by atoms with van der Waals surface area (Å²) in [4.78, 5) is 0. The van der Waals surface area contributed by atoms with Gasteiger partial charge in [-0.25, -0.2) is 0 Å². The van der Waals surface area contributed by atoms with E-state index in [1.165, 1.54) is 19.3 Å². The van der Waals surface area contributed by atoms with Crippen molar-refractivity contribution < 1.29 is 0 Å². The maximum Gasteiger partial charge on any atom is -0.0187 e. The van der Waals surface area contributed by atoms with Gasteiger partial charge in [0.2, 0.25) is 0 Å². The summed E-state index contributed by atoms with van der Waals surface area (Å²) in [5.41, 5.74) is 0. The van der Waals surface area contributed by atoms with E-state index in [4.69, 9.17) is 0 Å². The number of rotatable bonds is 0. The van der Waals surface area contributed by atoms with Crippen LogP contribution in [0.5, 0.6) is 0 Å². The summed E-state index contributed by atoms with van der Waals surface area (Å²) in [6.07, 6.45) is 17.0. The van der Waals surface area contributed by atoms with E-state index < -0.39 is 0 Å². The van der Waals surface area contributed by atoms with Crippen molar-refractivity contribution in [2.24, 2.45) is 0 Å². The molecule has 47 valence electrons. The average Bonchev–Trinajstić information content (AvgIpc) is 2.00. The Kier molecular flexibility index (Phi) is 2.91. The van der Waals surface area contributed by atoms with Crippen molar-refractivity contribution in [3.05, 3.63) is 36.5 Å². The first-order valence-electron chi connectivity index (χ1n) is 3.39. The van der Waals surface area contributed by atoms with Crippen molar-refractivity contribution >= 4 is 0 Å². The molecule has 0 heteroatoms. The Morgan fingerprint density at radius 1 is 1.11 bits per heavy atom. The van der Waals surface area contributed by atoms with Gasteiger partial charge in [0.25, 0.3) is 0 Å². The minimum absolute atomic E-state index is 1.19. The van der Waals surface area contributed by atoms with Crippen molar-refractivity contribution in [2.75, 3.05) is 0 Å². The first-order valence-corrected chi connectivity index (χ1v) is 3.39. The molecule has 9 heavy (non-hydrogen) atoms. The van der Waals surface area contributed by atoms with Gasteiger partial charge in [-0.15, -0.1) is 0 Å². The van der Waals surface area contributed by atoms with Gasteiger partial charge in [-0.2, -0.15) is 0 Å². The molecule has 1 aliphatic rings. The predicted molar refractivity (Wildman–Crippen MR) is 39.9 cm³/mol. The van der Waals surface area contributed by atoms with E-state index in [1.54, 1.807) is 0 Å². The highest BCUT2D eigenvalue weighted by atomic mass is 13.9. The third kappa shape index (κ3) is 2.91. The molecular weight excluding hydrogens is 108 g/mol. The second-order valence-corrected chi connectivity index (χ2v) is 2.09. The van der Waals surface area contributed by atoms with Gasteiger partial charge in [0.05, 0.1) is 0 Å². The fraction of sp³-hybridized carbons (Fsp3) is 0.333. The summed E-state index contributed by atoms with van der Waals surface area (Å²) in [5.74, 6) is 0. The van der Waals surface area contributed by atoms with Crippen LogP contribution in [-0.2, 0) is 0 Å². The summed E-state index contributed by atoms with van der Waals surface area (Å²) >= 11 is 0.